The number of nitrogens with zero attached hydrogens (tertiary/aromatic N) is 2. The number of hydrogen-bond acceptors (Lipinski definition) is 6. The molecule has 5 rings (SSSR count). The van der Waals surface area contributed by atoms with Gasteiger partial charge in [0.05, 0.1) is 19.6 Å². The fraction of sp³-hybridized carbons (Fsp3) is 0.459. The van der Waals surface area contributed by atoms with Gasteiger partial charge >= 0.3 is 5.97 Å². The number of rotatable bonds is 15. The number of aryl methyl sites for hydroxylation is 1. The summed E-state index contributed by atoms with van der Waals surface area (Å²) in [5.41, 5.74) is 2.73. The molecule has 3 aromatic carbocycles. The van der Waals surface area contributed by atoms with Crippen LogP contribution in [-0.4, -0.2) is 55.4 Å². The van der Waals surface area contributed by atoms with E-state index in [1.165, 1.54) is 31.7 Å². The Morgan fingerprint density at radius 1 is 0.935 bits per heavy atom. The number of halogens is 1. The van der Waals surface area contributed by atoms with Crippen LogP contribution in [0.2, 0.25) is 0 Å². The van der Waals surface area contributed by atoms with Gasteiger partial charge in [-0.2, -0.15) is 0 Å². The average molecular weight is 633 g/mol. The zero-order valence-electron chi connectivity index (χ0n) is 27.0. The van der Waals surface area contributed by atoms with Gasteiger partial charge in [-0.3, -0.25) is 14.5 Å². The van der Waals surface area contributed by atoms with E-state index in [0.29, 0.717) is 41.6 Å². The van der Waals surface area contributed by atoms with Gasteiger partial charge in [0.2, 0.25) is 12.7 Å². The van der Waals surface area contributed by atoms with Crippen LogP contribution in [-0.2, 0) is 9.59 Å². The Bertz CT molecular complexity index is 1500. The summed E-state index contributed by atoms with van der Waals surface area (Å²) >= 11 is 0. The van der Waals surface area contributed by atoms with Crippen LogP contribution in [0.5, 0.6) is 17.2 Å². The minimum atomic E-state index is -0.937. The highest BCUT2D eigenvalue weighted by Crippen LogP contribution is 2.48. The lowest BCUT2D eigenvalue weighted by molar-refractivity contribution is -0.143. The number of methoxy groups -OCH3 is 1. The monoisotopic (exact) mass is 632 g/mol. The molecule has 1 N–H and O–H groups in total. The van der Waals surface area contributed by atoms with E-state index in [9.17, 15) is 19.1 Å². The predicted molar refractivity (Wildman–Crippen MR) is 175 cm³/mol. The van der Waals surface area contributed by atoms with Crippen LogP contribution in [0.1, 0.15) is 80.5 Å². The van der Waals surface area contributed by atoms with Crippen molar-refractivity contribution in [1.82, 2.24) is 4.90 Å². The van der Waals surface area contributed by atoms with Gasteiger partial charge < -0.3 is 24.2 Å². The van der Waals surface area contributed by atoms with Crippen molar-refractivity contribution in [1.29, 1.82) is 0 Å². The number of aliphatic carboxylic acids is 1. The lowest BCUT2D eigenvalue weighted by Crippen LogP contribution is -2.41. The summed E-state index contributed by atoms with van der Waals surface area (Å²) in [7, 11) is 1.59. The number of carbonyl (C=O) groups is 2. The predicted octanol–water partition coefficient (Wildman–Crippen LogP) is 7.50. The van der Waals surface area contributed by atoms with Crippen molar-refractivity contribution in [2.75, 3.05) is 38.4 Å². The van der Waals surface area contributed by atoms with Crippen LogP contribution in [0, 0.1) is 18.7 Å². The van der Waals surface area contributed by atoms with Crippen molar-refractivity contribution in [2.45, 2.75) is 70.8 Å². The highest BCUT2D eigenvalue weighted by atomic mass is 19.1. The molecule has 0 aromatic heterocycles. The molecule has 1 saturated heterocycles. The molecule has 2 aliphatic rings. The number of unbranched alkanes of at least 4 members (excludes halogenated alkanes) is 6. The number of likely N-dealkylation sites (tertiary alicyclic amines) is 1. The molecular weight excluding hydrogens is 587 g/mol. The molecule has 9 heteroatoms. The van der Waals surface area contributed by atoms with Gasteiger partial charge in [-0.15, -0.1) is 0 Å². The van der Waals surface area contributed by atoms with E-state index in [-0.39, 0.29) is 25.1 Å². The van der Waals surface area contributed by atoms with Gasteiger partial charge in [0, 0.05) is 30.7 Å². The molecule has 0 aliphatic carbocycles. The Kier molecular flexibility index (Phi) is 11.2. The standard InChI is InChI=1S/C37H45FN2O6/c1-4-5-6-7-8-9-10-19-40(28-14-17-31(38)25(2)20-28)34(41)23-39-22-30(27-13-18-32-33(21-27)46-24-45-32)35(37(42)43)36(39)26-11-15-29(44-3)16-12-26/h11-18,20-21,30,35-36H,4-10,19,22-24H2,1-3H3,(H,42,43). The summed E-state index contributed by atoms with van der Waals surface area (Å²) in [5, 5.41) is 10.6. The summed E-state index contributed by atoms with van der Waals surface area (Å²) in [6.07, 6.45) is 7.74. The lowest BCUT2D eigenvalue weighted by Gasteiger charge is -2.30. The third-order valence-electron chi connectivity index (χ3n) is 9.24. The van der Waals surface area contributed by atoms with Gasteiger partial charge in [-0.05, 0) is 72.5 Å². The number of benzene rings is 3. The number of carboxylic acid groups (broad SMARTS) is 1. The van der Waals surface area contributed by atoms with Crippen molar-refractivity contribution < 1.29 is 33.3 Å². The third kappa shape index (κ3) is 7.64. The van der Waals surface area contributed by atoms with E-state index >= 15 is 0 Å². The van der Waals surface area contributed by atoms with E-state index in [1.54, 1.807) is 31.1 Å². The second-order valence-electron chi connectivity index (χ2n) is 12.3. The SMILES string of the molecule is CCCCCCCCCN(C(=O)CN1CC(c2ccc3c(c2)OCO3)C(C(=O)O)C1c1ccc(OC)cc1)c1ccc(F)c(C)c1. The van der Waals surface area contributed by atoms with Gasteiger partial charge in [0.25, 0.3) is 0 Å². The van der Waals surface area contributed by atoms with Gasteiger partial charge in [-0.1, -0.05) is 63.6 Å². The second-order valence-corrected chi connectivity index (χ2v) is 12.3. The quantitative estimate of drug-likeness (QED) is 0.174. The summed E-state index contributed by atoms with van der Waals surface area (Å²) in [6, 6.07) is 17.1. The van der Waals surface area contributed by atoms with Crippen molar-refractivity contribution in [3.05, 3.63) is 83.2 Å². The molecule has 3 aromatic rings. The number of ether oxygens (including phenoxy) is 3. The van der Waals surface area contributed by atoms with Gasteiger partial charge in [0.1, 0.15) is 11.6 Å². The smallest absolute Gasteiger partial charge is 0.309 e. The fourth-order valence-corrected chi connectivity index (χ4v) is 6.75. The number of anilines is 1. The molecule has 1 fully saturated rings. The first-order chi connectivity index (χ1) is 22.3. The topological polar surface area (TPSA) is 88.5 Å². The first-order valence-electron chi connectivity index (χ1n) is 16.4. The largest absolute Gasteiger partial charge is 0.497 e. The summed E-state index contributed by atoms with van der Waals surface area (Å²) < 4.78 is 30.7. The zero-order valence-corrected chi connectivity index (χ0v) is 27.0. The molecule has 246 valence electrons. The van der Waals surface area contributed by atoms with E-state index in [2.05, 4.69) is 6.92 Å². The van der Waals surface area contributed by atoms with Gasteiger partial charge in [-0.25, -0.2) is 4.39 Å². The minimum absolute atomic E-state index is 0.00838. The number of carboxylic acids is 1. The Hall–Kier alpha value is -4.11. The number of amides is 1. The maximum absolute atomic E-state index is 14.3. The molecule has 0 bridgehead atoms. The number of hydrogen-bond donors (Lipinski definition) is 1. The highest BCUT2D eigenvalue weighted by molar-refractivity contribution is 5.95. The molecule has 1 amide bonds. The van der Waals surface area contributed by atoms with Crippen LogP contribution >= 0.6 is 0 Å². The molecule has 3 atom stereocenters. The lowest BCUT2D eigenvalue weighted by atomic mass is 9.82. The van der Waals surface area contributed by atoms with Crippen LogP contribution in [0.4, 0.5) is 10.1 Å². The van der Waals surface area contributed by atoms with Crippen LogP contribution in [0.25, 0.3) is 0 Å². The van der Waals surface area contributed by atoms with Crippen LogP contribution in [0.3, 0.4) is 0 Å². The van der Waals surface area contributed by atoms with E-state index in [4.69, 9.17) is 14.2 Å². The first-order valence-corrected chi connectivity index (χ1v) is 16.4. The van der Waals surface area contributed by atoms with Crippen LogP contribution in [0.15, 0.2) is 60.7 Å². The van der Waals surface area contributed by atoms with Crippen molar-refractivity contribution in [3.63, 3.8) is 0 Å². The maximum atomic E-state index is 14.3. The van der Waals surface area contributed by atoms with Crippen molar-refractivity contribution in [3.8, 4) is 17.2 Å². The summed E-state index contributed by atoms with van der Waals surface area (Å²) in [6.45, 7) is 4.89. The van der Waals surface area contributed by atoms with Crippen molar-refractivity contribution in [2.24, 2.45) is 5.92 Å². The number of carbonyl (C=O) groups excluding carboxylic acids is 1. The van der Waals surface area contributed by atoms with Gasteiger partial charge in [0.15, 0.2) is 11.5 Å². The molecule has 3 unspecified atom stereocenters. The first kappa shape index (κ1) is 33.3. The van der Waals surface area contributed by atoms with Crippen molar-refractivity contribution >= 4 is 17.6 Å². The Labute approximate surface area is 271 Å². The molecule has 46 heavy (non-hydrogen) atoms. The van der Waals surface area contributed by atoms with E-state index < -0.39 is 23.8 Å². The maximum Gasteiger partial charge on any atom is 0.309 e. The fourth-order valence-electron chi connectivity index (χ4n) is 6.75. The number of fused-ring (bicyclic) bond motifs is 1. The average Bonchev–Trinajstić information content (AvgIpc) is 3.68. The normalized spacial score (nSPS) is 18.9. The Morgan fingerprint density at radius 3 is 2.33 bits per heavy atom. The molecule has 2 heterocycles. The van der Waals surface area contributed by atoms with E-state index in [0.717, 1.165) is 30.4 Å². The molecule has 0 radical (unpaired) electrons. The third-order valence-corrected chi connectivity index (χ3v) is 9.24. The zero-order chi connectivity index (χ0) is 32.6. The molecule has 2 aliphatic heterocycles. The summed E-state index contributed by atoms with van der Waals surface area (Å²) in [5.74, 6) is -0.757. The minimum Gasteiger partial charge on any atom is -0.497 e. The van der Waals surface area contributed by atoms with E-state index in [1.807, 2.05) is 47.4 Å². The second kappa shape index (κ2) is 15.5. The van der Waals surface area contributed by atoms with Crippen LogP contribution < -0.4 is 19.1 Å². The summed E-state index contributed by atoms with van der Waals surface area (Å²) in [4.78, 5) is 31.0. The Morgan fingerprint density at radius 2 is 1.63 bits per heavy atom. The Balaban J connectivity index is 1.43. The molecule has 0 spiro atoms. The molecule has 8 nitrogen and oxygen atoms in total. The molecular formula is C37H45FN2O6. The molecule has 0 saturated carbocycles. The highest BCUT2D eigenvalue weighted by Gasteiger charge is 2.48.